The predicted molar refractivity (Wildman–Crippen MR) is 73.1 cm³/mol. The normalized spacial score (nSPS) is 9.40. The monoisotopic (exact) mass is 276 g/mol. The lowest BCUT2D eigenvalue weighted by Crippen LogP contribution is -2.10. The molecule has 1 aromatic rings. The quantitative estimate of drug-likeness (QED) is 0.413. The van der Waals surface area contributed by atoms with E-state index in [1.807, 2.05) is 0 Å². The second-order valence-electron chi connectivity index (χ2n) is 3.68. The molecule has 20 heavy (non-hydrogen) atoms. The summed E-state index contributed by atoms with van der Waals surface area (Å²) in [6.07, 6.45) is 2.20. The Morgan fingerprint density at radius 1 is 1.05 bits per heavy atom. The Morgan fingerprint density at radius 2 is 1.75 bits per heavy atom. The third kappa shape index (κ3) is 5.86. The van der Waals surface area contributed by atoms with Gasteiger partial charge in [-0.1, -0.05) is 25.3 Å². The van der Waals surface area contributed by atoms with E-state index >= 15 is 0 Å². The summed E-state index contributed by atoms with van der Waals surface area (Å²) in [5, 5.41) is 0. The first-order valence-electron chi connectivity index (χ1n) is 5.96. The molecule has 0 aliphatic rings. The Bertz CT molecular complexity index is 493. The van der Waals surface area contributed by atoms with Crippen molar-refractivity contribution >= 4 is 11.9 Å². The predicted octanol–water partition coefficient (Wildman–Crippen LogP) is 2.02. The highest BCUT2D eigenvalue weighted by atomic mass is 16.6. The number of esters is 2. The zero-order chi connectivity index (χ0) is 14.8. The molecule has 5 heteroatoms. The van der Waals surface area contributed by atoms with E-state index in [-0.39, 0.29) is 19.8 Å². The zero-order valence-corrected chi connectivity index (χ0v) is 11.0. The summed E-state index contributed by atoms with van der Waals surface area (Å²) >= 11 is 0. The minimum absolute atomic E-state index is 0.139. The molecule has 5 nitrogen and oxygen atoms in total. The lowest BCUT2D eigenvalue weighted by molar-refractivity contribution is -0.139. The maximum absolute atomic E-state index is 10.9. The van der Waals surface area contributed by atoms with Crippen LogP contribution in [0.4, 0.5) is 0 Å². The molecule has 0 atom stereocenters. The van der Waals surface area contributed by atoms with Crippen molar-refractivity contribution in [3.8, 4) is 5.75 Å². The summed E-state index contributed by atoms with van der Waals surface area (Å²) in [6.45, 7) is 7.12. The molecular formula is C15H16O5. The van der Waals surface area contributed by atoms with Gasteiger partial charge in [-0.15, -0.1) is 0 Å². The number of benzene rings is 1. The van der Waals surface area contributed by atoms with Crippen LogP contribution < -0.4 is 4.74 Å². The summed E-state index contributed by atoms with van der Waals surface area (Å²) in [7, 11) is 0. The highest BCUT2D eigenvalue weighted by Crippen LogP contribution is 2.14. The topological polar surface area (TPSA) is 61.8 Å². The van der Waals surface area contributed by atoms with E-state index in [9.17, 15) is 9.59 Å². The lowest BCUT2D eigenvalue weighted by atomic mass is 10.2. The van der Waals surface area contributed by atoms with Crippen molar-refractivity contribution in [3.05, 3.63) is 55.1 Å². The van der Waals surface area contributed by atoms with Crippen LogP contribution in [0.5, 0.6) is 5.75 Å². The molecule has 0 fully saturated rings. The van der Waals surface area contributed by atoms with Crippen LogP contribution >= 0.6 is 0 Å². The van der Waals surface area contributed by atoms with Gasteiger partial charge < -0.3 is 14.2 Å². The standard InChI is InChI=1S/C15H16O5/c1-3-14(16)19-9-8-18-13-7-5-6-12(10-13)11-20-15(17)4-2/h3-7,10H,1-2,8-9,11H2. The van der Waals surface area contributed by atoms with Crippen LogP contribution in [0.25, 0.3) is 0 Å². The maximum atomic E-state index is 10.9. The third-order valence-corrected chi connectivity index (χ3v) is 2.21. The average Bonchev–Trinajstić information content (AvgIpc) is 2.49. The van der Waals surface area contributed by atoms with Gasteiger partial charge in [-0.3, -0.25) is 0 Å². The van der Waals surface area contributed by atoms with Gasteiger partial charge in [0.15, 0.2) is 0 Å². The van der Waals surface area contributed by atoms with Gasteiger partial charge in [0, 0.05) is 12.2 Å². The fourth-order valence-electron chi connectivity index (χ4n) is 1.30. The van der Waals surface area contributed by atoms with Crippen molar-refractivity contribution in [2.45, 2.75) is 6.61 Å². The minimum Gasteiger partial charge on any atom is -0.490 e. The van der Waals surface area contributed by atoms with Gasteiger partial charge in [-0.05, 0) is 17.7 Å². The molecule has 0 saturated carbocycles. The van der Waals surface area contributed by atoms with Crippen molar-refractivity contribution in [2.75, 3.05) is 13.2 Å². The van der Waals surface area contributed by atoms with Crippen LogP contribution in [0.3, 0.4) is 0 Å². The fraction of sp³-hybridized carbons (Fsp3) is 0.200. The number of carbonyl (C=O) groups is 2. The molecule has 1 rings (SSSR count). The SMILES string of the molecule is C=CC(=O)OCCOc1cccc(COC(=O)C=C)c1. The van der Waals surface area contributed by atoms with Crippen molar-refractivity contribution in [1.29, 1.82) is 0 Å². The third-order valence-electron chi connectivity index (χ3n) is 2.21. The maximum Gasteiger partial charge on any atom is 0.330 e. The Kier molecular flexibility index (Phi) is 6.61. The molecule has 0 radical (unpaired) electrons. The van der Waals surface area contributed by atoms with Gasteiger partial charge in [0.2, 0.25) is 0 Å². The first kappa shape index (κ1) is 15.5. The summed E-state index contributed by atoms with van der Waals surface area (Å²) in [5.74, 6) is -0.363. The number of hydrogen-bond acceptors (Lipinski definition) is 5. The number of hydrogen-bond donors (Lipinski definition) is 0. The fourth-order valence-corrected chi connectivity index (χ4v) is 1.30. The second kappa shape index (κ2) is 8.53. The van der Waals surface area contributed by atoms with Crippen LogP contribution in [0.1, 0.15) is 5.56 Å². The van der Waals surface area contributed by atoms with Crippen molar-refractivity contribution in [3.63, 3.8) is 0 Å². The minimum atomic E-state index is -0.487. The molecule has 0 aromatic heterocycles. The highest BCUT2D eigenvalue weighted by Gasteiger charge is 2.01. The summed E-state index contributed by atoms with van der Waals surface area (Å²) in [4.78, 5) is 21.7. The van der Waals surface area contributed by atoms with E-state index in [4.69, 9.17) is 14.2 Å². The number of rotatable bonds is 8. The van der Waals surface area contributed by atoms with Gasteiger partial charge >= 0.3 is 11.9 Å². The Labute approximate surface area is 117 Å². The van der Waals surface area contributed by atoms with E-state index in [1.165, 1.54) is 0 Å². The van der Waals surface area contributed by atoms with Gasteiger partial charge in [0.25, 0.3) is 0 Å². The summed E-state index contributed by atoms with van der Waals surface area (Å²) < 4.78 is 15.1. The van der Waals surface area contributed by atoms with Crippen molar-refractivity contribution in [2.24, 2.45) is 0 Å². The molecule has 0 heterocycles. The Hall–Kier alpha value is -2.56. The van der Waals surface area contributed by atoms with E-state index in [2.05, 4.69) is 13.2 Å². The summed E-state index contributed by atoms with van der Waals surface area (Å²) in [6, 6.07) is 7.09. The Morgan fingerprint density at radius 3 is 2.45 bits per heavy atom. The molecule has 0 saturated heterocycles. The second-order valence-corrected chi connectivity index (χ2v) is 3.68. The van der Waals surface area contributed by atoms with Gasteiger partial charge in [-0.2, -0.15) is 0 Å². The van der Waals surface area contributed by atoms with Crippen LogP contribution in [-0.2, 0) is 25.7 Å². The molecular weight excluding hydrogens is 260 g/mol. The lowest BCUT2D eigenvalue weighted by Gasteiger charge is -2.08. The van der Waals surface area contributed by atoms with E-state index in [0.717, 1.165) is 17.7 Å². The van der Waals surface area contributed by atoms with Gasteiger partial charge in [0.05, 0.1) is 0 Å². The van der Waals surface area contributed by atoms with Gasteiger partial charge in [0.1, 0.15) is 25.6 Å². The molecule has 0 aliphatic carbocycles. The van der Waals surface area contributed by atoms with E-state index in [1.54, 1.807) is 24.3 Å². The molecule has 0 aliphatic heterocycles. The van der Waals surface area contributed by atoms with Crippen LogP contribution in [0, 0.1) is 0 Å². The smallest absolute Gasteiger partial charge is 0.330 e. The molecule has 1 aromatic carbocycles. The van der Waals surface area contributed by atoms with Gasteiger partial charge in [-0.25, -0.2) is 9.59 Å². The van der Waals surface area contributed by atoms with Crippen LogP contribution in [-0.4, -0.2) is 25.2 Å². The first-order valence-corrected chi connectivity index (χ1v) is 5.96. The van der Waals surface area contributed by atoms with E-state index < -0.39 is 11.9 Å². The molecule has 0 N–H and O–H groups in total. The van der Waals surface area contributed by atoms with Crippen LogP contribution in [0.2, 0.25) is 0 Å². The number of ether oxygens (including phenoxy) is 3. The Balaban J connectivity index is 2.39. The van der Waals surface area contributed by atoms with Crippen molar-refractivity contribution in [1.82, 2.24) is 0 Å². The van der Waals surface area contributed by atoms with Crippen LogP contribution in [0.15, 0.2) is 49.6 Å². The molecule has 0 spiro atoms. The highest BCUT2D eigenvalue weighted by molar-refractivity contribution is 5.81. The first-order chi connectivity index (χ1) is 9.65. The molecule has 0 unspecified atom stereocenters. The zero-order valence-electron chi connectivity index (χ0n) is 11.0. The molecule has 0 bridgehead atoms. The molecule has 0 amide bonds. The van der Waals surface area contributed by atoms with Crippen molar-refractivity contribution < 1.29 is 23.8 Å². The molecule has 106 valence electrons. The number of carbonyl (C=O) groups excluding carboxylic acids is 2. The largest absolute Gasteiger partial charge is 0.490 e. The van der Waals surface area contributed by atoms with E-state index in [0.29, 0.717) is 5.75 Å². The average molecular weight is 276 g/mol. The summed E-state index contributed by atoms with van der Waals surface area (Å²) in [5.41, 5.74) is 0.792.